The summed E-state index contributed by atoms with van der Waals surface area (Å²) in [5.41, 5.74) is 13.5. The number of benzene rings is 7. The number of nitrogens with zero attached hydrogens (tertiary/aromatic N) is 5. The van der Waals surface area contributed by atoms with Crippen LogP contribution in [-0.2, 0) is 0 Å². The van der Waals surface area contributed by atoms with Crippen molar-refractivity contribution in [1.82, 2.24) is 18.7 Å². The summed E-state index contributed by atoms with van der Waals surface area (Å²) in [6, 6.07) is 66.8. The maximum absolute atomic E-state index is 4.97. The Morgan fingerprint density at radius 3 is 1.87 bits per heavy atom. The summed E-state index contributed by atoms with van der Waals surface area (Å²) < 4.78 is 6.85. The Balaban J connectivity index is 1.15. The summed E-state index contributed by atoms with van der Waals surface area (Å²) in [4.78, 5) is 7.31. The van der Waals surface area contributed by atoms with Crippen molar-refractivity contribution in [3.63, 3.8) is 0 Å². The smallest absolute Gasteiger partial charge is 0.168 e. The largest absolute Gasteiger partial charge is 0.310 e. The topological polar surface area (TPSA) is 30.9 Å². The molecule has 5 heteroatoms. The minimum atomic E-state index is 0.888. The van der Waals surface area contributed by atoms with Crippen molar-refractivity contribution in [3.05, 3.63) is 206 Å². The first kappa shape index (κ1) is 31.5. The van der Waals surface area contributed by atoms with Crippen LogP contribution in [0, 0.1) is 6.92 Å². The monoisotopic (exact) mass is 694 g/mol. The highest BCUT2D eigenvalue weighted by Gasteiger charge is 2.21. The lowest BCUT2D eigenvalue weighted by molar-refractivity contribution is 1.01. The molecule has 3 aromatic heterocycles. The van der Waals surface area contributed by atoms with Gasteiger partial charge in [-0.2, -0.15) is 9.13 Å². The molecule has 0 N–H and O–H groups in total. The molecule has 0 saturated heterocycles. The zero-order valence-corrected chi connectivity index (χ0v) is 29.8. The molecule has 0 aliphatic heterocycles. The van der Waals surface area contributed by atoms with Crippen LogP contribution in [0.5, 0.6) is 0 Å². The van der Waals surface area contributed by atoms with Gasteiger partial charge in [0.2, 0.25) is 0 Å². The highest BCUT2D eigenvalue weighted by Crippen LogP contribution is 2.40. The van der Waals surface area contributed by atoms with Crippen molar-refractivity contribution in [2.75, 3.05) is 4.90 Å². The molecular formula is C49H36N5+. The van der Waals surface area contributed by atoms with E-state index in [9.17, 15) is 0 Å². The van der Waals surface area contributed by atoms with Crippen LogP contribution in [0.1, 0.15) is 5.56 Å². The van der Waals surface area contributed by atoms with Gasteiger partial charge in [-0.25, -0.2) is 4.98 Å². The van der Waals surface area contributed by atoms with Gasteiger partial charge in [0, 0.05) is 46.5 Å². The fourth-order valence-electron chi connectivity index (χ4n) is 7.87. The van der Waals surface area contributed by atoms with Crippen molar-refractivity contribution in [2.24, 2.45) is 0 Å². The molecule has 0 aliphatic rings. The quantitative estimate of drug-likeness (QED) is 0.156. The number of rotatable bonds is 7. The third-order valence-electron chi connectivity index (χ3n) is 10.4. The Kier molecular flexibility index (Phi) is 7.62. The molecule has 0 spiro atoms. The molecule has 0 radical (unpaired) electrons. The van der Waals surface area contributed by atoms with E-state index in [0.717, 1.165) is 61.9 Å². The number of aryl methyl sites for hydroxylation is 1. The predicted molar refractivity (Wildman–Crippen MR) is 224 cm³/mol. The van der Waals surface area contributed by atoms with Gasteiger partial charge >= 0.3 is 0 Å². The van der Waals surface area contributed by atoms with Gasteiger partial charge < -0.3 is 4.90 Å². The fraction of sp³-hybridized carbons (Fsp3) is 0.0204. The lowest BCUT2D eigenvalue weighted by Crippen LogP contribution is -2.10. The van der Waals surface area contributed by atoms with E-state index in [4.69, 9.17) is 4.98 Å². The zero-order chi connectivity index (χ0) is 36.0. The van der Waals surface area contributed by atoms with Gasteiger partial charge in [0.15, 0.2) is 17.4 Å². The highest BCUT2D eigenvalue weighted by molar-refractivity contribution is 6.10. The van der Waals surface area contributed by atoms with Gasteiger partial charge in [0.25, 0.3) is 0 Å². The molecule has 10 aromatic rings. The summed E-state index contributed by atoms with van der Waals surface area (Å²) in [5.74, 6) is 0.888. The van der Waals surface area contributed by atoms with Crippen LogP contribution in [0.15, 0.2) is 201 Å². The maximum atomic E-state index is 4.97. The second-order valence-electron chi connectivity index (χ2n) is 13.6. The number of hydrogen-bond acceptors (Lipinski definition) is 2. The van der Waals surface area contributed by atoms with Gasteiger partial charge in [0.05, 0.1) is 16.7 Å². The van der Waals surface area contributed by atoms with Crippen LogP contribution < -0.4 is 4.90 Å². The van der Waals surface area contributed by atoms with Gasteiger partial charge in [-0.3, -0.25) is 4.57 Å². The van der Waals surface area contributed by atoms with Crippen LogP contribution in [0.25, 0.3) is 61.2 Å². The molecule has 0 atom stereocenters. The van der Waals surface area contributed by atoms with Crippen LogP contribution in [0.2, 0.25) is 0 Å². The van der Waals surface area contributed by atoms with E-state index in [1.807, 2.05) is 6.20 Å². The van der Waals surface area contributed by atoms with Crippen LogP contribution in [-0.4, -0.2) is 18.7 Å². The van der Waals surface area contributed by atoms with Crippen LogP contribution >= 0.6 is 0 Å². The fourth-order valence-corrected chi connectivity index (χ4v) is 7.87. The molecule has 10 rings (SSSR count). The molecule has 7 aromatic carbocycles. The summed E-state index contributed by atoms with van der Waals surface area (Å²) in [5, 5.41) is 2.38. The Morgan fingerprint density at radius 1 is 0.463 bits per heavy atom. The van der Waals surface area contributed by atoms with E-state index in [-0.39, 0.29) is 0 Å². The normalized spacial score (nSPS) is 11.4. The first-order valence-electron chi connectivity index (χ1n) is 18.3. The number of imidazole rings is 1. The number of fused-ring (bicyclic) bond motifs is 4. The van der Waals surface area contributed by atoms with E-state index in [0.29, 0.717) is 0 Å². The van der Waals surface area contributed by atoms with Crippen LogP contribution in [0.4, 0.5) is 17.1 Å². The molecule has 0 unspecified atom stereocenters. The Morgan fingerprint density at radius 2 is 1.07 bits per heavy atom. The SMILES string of the molecule is Cc1ccccc1-c1ccnc(-n2c3ccccc3c3ccc(N(c4ccccc4)c4cccc(-n5[cH+]n(-c6ccccc6)c6ccccc65)c4)cc32)c1. The molecule has 0 bridgehead atoms. The Labute approximate surface area is 313 Å². The molecule has 0 saturated carbocycles. The van der Waals surface area contributed by atoms with Gasteiger partial charge in [0.1, 0.15) is 17.2 Å². The average molecular weight is 695 g/mol. The Hall–Kier alpha value is -7.24. The minimum Gasteiger partial charge on any atom is -0.310 e. The standard InChI is InChI=1S/C49H36N5/c1-35-15-8-9-22-42(35)36-29-30-50-49(31-36)54-45-24-11-10-23-43(45)44-28-27-41(33-48(44)54)53(38-18-6-3-7-19-38)40-21-14-20-39(32-40)52-34-51(37-16-4-2-5-17-37)46-25-12-13-26-47(46)52/h2-34H,1H3/q+1. The van der Waals surface area contributed by atoms with Crippen molar-refractivity contribution in [1.29, 1.82) is 0 Å². The van der Waals surface area contributed by atoms with Gasteiger partial charge in [-0.15, -0.1) is 0 Å². The summed E-state index contributed by atoms with van der Waals surface area (Å²) in [7, 11) is 0. The first-order valence-corrected chi connectivity index (χ1v) is 18.3. The van der Waals surface area contributed by atoms with Gasteiger partial charge in [-0.1, -0.05) is 103 Å². The van der Waals surface area contributed by atoms with E-state index < -0.39 is 0 Å². The lowest BCUT2D eigenvalue weighted by Gasteiger charge is -2.25. The van der Waals surface area contributed by atoms with E-state index in [1.54, 1.807) is 0 Å². The average Bonchev–Trinajstić information content (AvgIpc) is 3.78. The van der Waals surface area contributed by atoms with E-state index >= 15 is 0 Å². The second kappa shape index (κ2) is 13.1. The second-order valence-corrected chi connectivity index (χ2v) is 13.6. The summed E-state index contributed by atoms with van der Waals surface area (Å²) in [6.07, 6.45) is 4.12. The number of aromatic nitrogens is 4. The van der Waals surface area contributed by atoms with Gasteiger partial charge in [-0.05, 0) is 90.3 Å². The number of para-hydroxylation sites is 5. The maximum Gasteiger partial charge on any atom is 0.168 e. The summed E-state index contributed by atoms with van der Waals surface area (Å²) in [6.45, 7) is 2.16. The molecule has 256 valence electrons. The molecule has 0 aliphatic carbocycles. The van der Waals surface area contributed by atoms with Crippen LogP contribution in [0.3, 0.4) is 0 Å². The molecule has 0 amide bonds. The molecule has 0 fully saturated rings. The summed E-state index contributed by atoms with van der Waals surface area (Å²) >= 11 is 0. The molecule has 54 heavy (non-hydrogen) atoms. The highest BCUT2D eigenvalue weighted by atomic mass is 15.2. The number of pyridine rings is 1. The number of anilines is 3. The van der Waals surface area contributed by atoms with Crippen molar-refractivity contribution in [2.45, 2.75) is 6.92 Å². The number of hydrogen-bond donors (Lipinski definition) is 0. The third kappa shape index (κ3) is 5.33. The first-order chi connectivity index (χ1) is 26.7. The van der Waals surface area contributed by atoms with Crippen molar-refractivity contribution in [3.8, 4) is 28.3 Å². The van der Waals surface area contributed by atoms with Crippen molar-refractivity contribution >= 4 is 49.9 Å². The lowest BCUT2D eigenvalue weighted by atomic mass is 10.0. The van der Waals surface area contributed by atoms with E-state index in [1.165, 1.54) is 21.9 Å². The van der Waals surface area contributed by atoms with E-state index in [2.05, 4.69) is 220 Å². The molecule has 5 nitrogen and oxygen atoms in total. The minimum absolute atomic E-state index is 0.888. The predicted octanol–water partition coefficient (Wildman–Crippen LogP) is 12.6. The Bertz CT molecular complexity index is 2960. The zero-order valence-electron chi connectivity index (χ0n) is 29.8. The third-order valence-corrected chi connectivity index (χ3v) is 10.4. The molecule has 3 heterocycles. The van der Waals surface area contributed by atoms with Crippen molar-refractivity contribution < 1.29 is 0 Å². The molecular weight excluding hydrogens is 659 g/mol.